The Balaban J connectivity index is 1.33. The summed E-state index contributed by atoms with van der Waals surface area (Å²) in [5.41, 5.74) is 1.79. The highest BCUT2D eigenvalue weighted by Gasteiger charge is 2.29. The molecule has 254 valence electrons. The number of aromatic amines is 1. The first-order chi connectivity index (χ1) is 23.7. The van der Waals surface area contributed by atoms with E-state index in [1.807, 2.05) is 56.3 Å². The maximum Gasteiger partial charge on any atom is 0.274 e. The number of benzene rings is 2. The highest BCUT2D eigenvalue weighted by atomic mass is 16.5. The van der Waals surface area contributed by atoms with Gasteiger partial charge in [-0.3, -0.25) is 19.2 Å². The van der Waals surface area contributed by atoms with Crippen LogP contribution in [0.15, 0.2) is 75.9 Å². The van der Waals surface area contributed by atoms with Crippen LogP contribution in [0.4, 0.5) is 0 Å². The number of carbonyl (C=O) groups excluding carboxylic acids is 4. The minimum Gasteiger partial charge on any atom is -0.496 e. The number of rotatable bonds is 6. The number of nitrogens with one attached hydrogen (secondary N) is 4. The number of fused-ring (bicyclic) bond motifs is 5. The fourth-order valence-corrected chi connectivity index (χ4v) is 5.73. The van der Waals surface area contributed by atoms with Crippen LogP contribution >= 0.6 is 0 Å². The van der Waals surface area contributed by atoms with Crippen LogP contribution in [0.25, 0.3) is 10.9 Å². The lowest BCUT2D eigenvalue weighted by atomic mass is 10.0. The van der Waals surface area contributed by atoms with Gasteiger partial charge in [0.1, 0.15) is 29.8 Å². The van der Waals surface area contributed by atoms with Gasteiger partial charge in [-0.15, -0.1) is 0 Å². The van der Waals surface area contributed by atoms with E-state index in [4.69, 9.17) is 13.7 Å². The molecule has 0 unspecified atom stereocenters. The molecule has 4 heterocycles. The van der Waals surface area contributed by atoms with Gasteiger partial charge in [0.05, 0.1) is 13.7 Å². The van der Waals surface area contributed by atoms with E-state index in [1.165, 1.54) is 17.2 Å². The third-order valence-electron chi connectivity index (χ3n) is 8.15. The lowest BCUT2D eigenvalue weighted by Gasteiger charge is -2.23. The van der Waals surface area contributed by atoms with Crippen LogP contribution in [0.3, 0.4) is 0 Å². The van der Waals surface area contributed by atoms with E-state index in [1.54, 1.807) is 19.2 Å². The average Bonchev–Trinajstić information content (AvgIpc) is 3.87. The fourth-order valence-electron chi connectivity index (χ4n) is 5.73. The Hall–Kier alpha value is -5.92. The van der Waals surface area contributed by atoms with Gasteiger partial charge in [-0.2, -0.15) is 0 Å². The van der Waals surface area contributed by atoms with E-state index in [-0.39, 0.29) is 60.9 Å². The van der Waals surface area contributed by atoms with Crippen LogP contribution in [0.1, 0.15) is 75.0 Å². The zero-order chi connectivity index (χ0) is 34.5. The van der Waals surface area contributed by atoms with Gasteiger partial charge in [0, 0.05) is 36.5 Å². The number of ether oxygens (including phenoxy) is 1. The van der Waals surface area contributed by atoms with Gasteiger partial charge in [0.2, 0.25) is 11.8 Å². The molecular weight excluding hydrogens is 630 g/mol. The van der Waals surface area contributed by atoms with Crippen LogP contribution in [0.5, 0.6) is 5.75 Å². The van der Waals surface area contributed by atoms with Crippen molar-refractivity contribution in [3.05, 3.63) is 101 Å². The first kappa shape index (κ1) is 33.0. The fraction of sp³-hybridized carbons (Fsp3) is 0.314. The third kappa shape index (κ3) is 7.64. The predicted octanol–water partition coefficient (Wildman–Crippen LogP) is 3.78. The summed E-state index contributed by atoms with van der Waals surface area (Å²) in [5, 5.41) is 13.2. The molecule has 1 aliphatic heterocycles. The molecular formula is C35H37N7O7. The van der Waals surface area contributed by atoms with Crippen LogP contribution in [0.2, 0.25) is 0 Å². The monoisotopic (exact) mass is 667 g/mol. The number of amides is 4. The number of hydrogen-bond acceptors (Lipinski definition) is 9. The van der Waals surface area contributed by atoms with Gasteiger partial charge in [0.15, 0.2) is 17.1 Å². The van der Waals surface area contributed by atoms with Gasteiger partial charge >= 0.3 is 0 Å². The maximum atomic E-state index is 13.9. The Kier molecular flexibility index (Phi) is 9.74. The van der Waals surface area contributed by atoms with E-state index in [9.17, 15) is 19.2 Å². The van der Waals surface area contributed by atoms with Gasteiger partial charge in [-0.05, 0) is 36.1 Å². The Bertz CT molecular complexity index is 1960. The van der Waals surface area contributed by atoms with Gasteiger partial charge in [0.25, 0.3) is 17.7 Å². The molecule has 0 radical (unpaired) electrons. The molecule has 0 saturated heterocycles. The second-order valence-electron chi connectivity index (χ2n) is 12.2. The van der Waals surface area contributed by atoms with Crippen molar-refractivity contribution in [2.45, 2.75) is 45.3 Å². The number of H-pyrrole nitrogens is 1. The Morgan fingerprint density at radius 2 is 1.78 bits per heavy atom. The van der Waals surface area contributed by atoms with Crippen molar-refractivity contribution in [2.75, 3.05) is 20.2 Å². The molecule has 14 heteroatoms. The number of carbonyl (C=O) groups is 4. The molecule has 2 aromatic carbocycles. The molecule has 5 aromatic rings. The van der Waals surface area contributed by atoms with Crippen molar-refractivity contribution in [3.8, 4) is 5.75 Å². The molecule has 0 saturated carbocycles. The molecule has 1 aliphatic rings. The SMILES string of the molecule is COc1cccc2[nH]c(C(=O)N3CCNC(=O)[C@H](Cc4ccccc4)NC(=O)c4coc(n4)[C@@H](CC(C)C)NC(=O)c4cc(on4)C3)cc12. The standard InChI is InChI=1S/C35H37N7O7/c1-20(2)14-27-34-40-29(19-48-34)33(45)38-25(15-21-8-5-4-6-9-21)31(43)36-12-13-42(18-22-16-26(41-49-22)32(44)39-27)35(46)28-17-23-24(37-28)10-7-11-30(23)47-3/h4-11,16-17,19-20,25,27,37H,12-15,18H2,1-3H3,(H,36,43)(H,38,45)(H,39,44)/t25-,27+/m0/s1. The van der Waals surface area contributed by atoms with Crippen molar-refractivity contribution >= 4 is 34.5 Å². The maximum absolute atomic E-state index is 13.9. The van der Waals surface area contributed by atoms with Crippen molar-refractivity contribution in [2.24, 2.45) is 5.92 Å². The second kappa shape index (κ2) is 14.5. The Labute approximate surface area is 281 Å². The zero-order valence-electron chi connectivity index (χ0n) is 27.3. The molecule has 6 rings (SSSR count). The lowest BCUT2D eigenvalue weighted by Crippen LogP contribution is -2.49. The molecule has 3 aromatic heterocycles. The van der Waals surface area contributed by atoms with E-state index >= 15 is 0 Å². The summed E-state index contributed by atoms with van der Waals surface area (Å²) < 4.78 is 16.6. The smallest absolute Gasteiger partial charge is 0.274 e. The topological polar surface area (TPSA) is 185 Å². The summed E-state index contributed by atoms with van der Waals surface area (Å²) in [5.74, 6) is -0.862. The number of nitrogens with zero attached hydrogens (tertiary/aromatic N) is 3. The van der Waals surface area contributed by atoms with E-state index in [0.717, 1.165) is 10.9 Å². The highest BCUT2D eigenvalue weighted by molar-refractivity contribution is 6.00. The Morgan fingerprint density at radius 3 is 2.55 bits per heavy atom. The van der Waals surface area contributed by atoms with Crippen LogP contribution < -0.4 is 20.7 Å². The molecule has 2 atom stereocenters. The minimum absolute atomic E-state index is 0.00537. The zero-order valence-corrected chi connectivity index (χ0v) is 27.3. The summed E-state index contributed by atoms with van der Waals surface area (Å²) in [6.07, 6.45) is 1.86. The summed E-state index contributed by atoms with van der Waals surface area (Å²) >= 11 is 0. The first-order valence-electron chi connectivity index (χ1n) is 16.0. The molecule has 0 fully saturated rings. The van der Waals surface area contributed by atoms with Gasteiger partial charge in [-0.25, -0.2) is 4.98 Å². The minimum atomic E-state index is -0.970. The Morgan fingerprint density at radius 1 is 1.00 bits per heavy atom. The van der Waals surface area contributed by atoms with E-state index < -0.39 is 29.8 Å². The van der Waals surface area contributed by atoms with Crippen LogP contribution in [-0.4, -0.2) is 69.9 Å². The molecule has 4 N–H and O–H groups in total. The van der Waals surface area contributed by atoms with Gasteiger partial charge in [-0.1, -0.05) is 55.4 Å². The summed E-state index contributed by atoms with van der Waals surface area (Å²) in [7, 11) is 1.55. The largest absolute Gasteiger partial charge is 0.496 e. The van der Waals surface area contributed by atoms with Crippen molar-refractivity contribution in [1.29, 1.82) is 0 Å². The summed E-state index contributed by atoms with van der Waals surface area (Å²) in [6.45, 7) is 4.01. The van der Waals surface area contributed by atoms with Gasteiger partial charge < -0.3 is 39.5 Å². The normalized spacial score (nSPS) is 17.6. The van der Waals surface area contributed by atoms with Crippen molar-refractivity contribution in [1.82, 2.24) is 36.0 Å². The quantitative estimate of drug-likeness (QED) is 0.209. The highest BCUT2D eigenvalue weighted by Crippen LogP contribution is 2.27. The number of oxazole rings is 1. The number of aromatic nitrogens is 3. The van der Waals surface area contributed by atoms with E-state index in [2.05, 4.69) is 31.1 Å². The van der Waals surface area contributed by atoms with Crippen molar-refractivity contribution < 1.29 is 32.9 Å². The first-order valence-corrected chi connectivity index (χ1v) is 16.0. The van der Waals surface area contributed by atoms with E-state index in [0.29, 0.717) is 23.4 Å². The molecule has 4 amide bonds. The molecule has 49 heavy (non-hydrogen) atoms. The number of methoxy groups -OCH3 is 1. The third-order valence-corrected chi connectivity index (χ3v) is 8.15. The van der Waals surface area contributed by atoms with Crippen LogP contribution in [-0.2, 0) is 17.8 Å². The molecule has 4 bridgehead atoms. The molecule has 0 spiro atoms. The predicted molar refractivity (Wildman–Crippen MR) is 177 cm³/mol. The molecule has 14 nitrogen and oxygen atoms in total. The summed E-state index contributed by atoms with van der Waals surface area (Å²) in [4.78, 5) is 63.2. The lowest BCUT2D eigenvalue weighted by molar-refractivity contribution is -0.123. The number of hydrogen-bond donors (Lipinski definition) is 4. The van der Waals surface area contributed by atoms with Crippen LogP contribution in [0, 0.1) is 5.92 Å². The summed E-state index contributed by atoms with van der Waals surface area (Å²) in [6, 6.07) is 16.2. The van der Waals surface area contributed by atoms with Crippen molar-refractivity contribution in [3.63, 3.8) is 0 Å². The average molecular weight is 668 g/mol. The molecule has 0 aliphatic carbocycles. The second-order valence-corrected chi connectivity index (χ2v) is 12.2.